The van der Waals surface area contributed by atoms with Gasteiger partial charge in [0.25, 0.3) is 5.91 Å². The fourth-order valence-corrected chi connectivity index (χ4v) is 3.02. The van der Waals surface area contributed by atoms with Gasteiger partial charge in [-0.05, 0) is 57.0 Å². The van der Waals surface area contributed by atoms with Crippen LogP contribution >= 0.6 is 11.3 Å². The Bertz CT molecular complexity index is 646. The summed E-state index contributed by atoms with van der Waals surface area (Å²) in [6.45, 7) is 7.94. The number of anilines is 1. The van der Waals surface area contributed by atoms with E-state index >= 15 is 0 Å². The van der Waals surface area contributed by atoms with Gasteiger partial charge in [-0.1, -0.05) is 6.07 Å². The van der Waals surface area contributed by atoms with E-state index in [0.717, 1.165) is 16.0 Å². The van der Waals surface area contributed by atoms with Crippen molar-refractivity contribution in [2.45, 2.75) is 33.7 Å². The molecule has 2 rings (SSSR count). The van der Waals surface area contributed by atoms with E-state index in [2.05, 4.69) is 24.4 Å². The smallest absolute Gasteiger partial charge is 0.252 e. The molecular weight excluding hydrogens is 268 g/mol. The van der Waals surface area contributed by atoms with Gasteiger partial charge in [0.05, 0.1) is 6.04 Å². The summed E-state index contributed by atoms with van der Waals surface area (Å²) < 4.78 is 0. The predicted octanol–water partition coefficient (Wildman–Crippen LogP) is 3.75. The molecule has 1 aromatic carbocycles. The first-order valence-corrected chi connectivity index (χ1v) is 7.44. The van der Waals surface area contributed by atoms with E-state index in [1.54, 1.807) is 17.4 Å². The van der Waals surface area contributed by atoms with E-state index in [-0.39, 0.29) is 11.9 Å². The average Bonchev–Trinajstić information content (AvgIpc) is 2.80. The molecule has 2 aromatic rings. The maximum Gasteiger partial charge on any atom is 0.252 e. The Kier molecular flexibility index (Phi) is 4.14. The number of hydrogen-bond acceptors (Lipinski definition) is 3. The second kappa shape index (κ2) is 5.67. The van der Waals surface area contributed by atoms with Gasteiger partial charge in [0.1, 0.15) is 0 Å². The summed E-state index contributed by atoms with van der Waals surface area (Å²) in [6.07, 6.45) is 0. The van der Waals surface area contributed by atoms with Crippen LogP contribution in [-0.4, -0.2) is 5.91 Å². The Labute approximate surface area is 123 Å². The number of hydrogen-bond donors (Lipinski definition) is 2. The number of nitrogen functional groups attached to an aromatic ring is 1. The molecular formula is C16H20N2OS. The van der Waals surface area contributed by atoms with Crippen molar-refractivity contribution in [3.05, 3.63) is 50.7 Å². The molecule has 4 heteroatoms. The minimum absolute atomic E-state index is 0.00290. The largest absolute Gasteiger partial charge is 0.398 e. The summed E-state index contributed by atoms with van der Waals surface area (Å²) in [4.78, 5) is 14.8. The van der Waals surface area contributed by atoms with Crippen molar-refractivity contribution in [1.82, 2.24) is 5.32 Å². The third-order valence-corrected chi connectivity index (χ3v) is 4.58. The van der Waals surface area contributed by atoms with E-state index in [0.29, 0.717) is 11.3 Å². The lowest BCUT2D eigenvalue weighted by Gasteiger charge is -2.14. The molecule has 20 heavy (non-hydrogen) atoms. The molecule has 0 spiro atoms. The van der Waals surface area contributed by atoms with Gasteiger partial charge in [0.2, 0.25) is 0 Å². The monoisotopic (exact) mass is 288 g/mol. The molecule has 0 fully saturated rings. The van der Waals surface area contributed by atoms with E-state index in [1.165, 1.54) is 4.88 Å². The SMILES string of the molecule is Cc1ccc(C(C)NC(=O)c2cc(N)c(C)cc2C)s1. The number of carbonyl (C=O) groups is 1. The Morgan fingerprint density at radius 3 is 2.50 bits per heavy atom. The first-order chi connectivity index (χ1) is 9.38. The predicted molar refractivity (Wildman–Crippen MR) is 85.3 cm³/mol. The van der Waals surface area contributed by atoms with Gasteiger partial charge >= 0.3 is 0 Å². The summed E-state index contributed by atoms with van der Waals surface area (Å²) in [7, 11) is 0. The molecule has 0 aliphatic rings. The fourth-order valence-electron chi connectivity index (χ4n) is 2.15. The van der Waals surface area contributed by atoms with E-state index in [4.69, 9.17) is 5.73 Å². The first-order valence-electron chi connectivity index (χ1n) is 6.62. The highest BCUT2D eigenvalue weighted by atomic mass is 32.1. The van der Waals surface area contributed by atoms with Gasteiger partial charge in [-0.2, -0.15) is 0 Å². The fraction of sp³-hybridized carbons (Fsp3) is 0.312. The number of carbonyl (C=O) groups excluding carboxylic acids is 1. The van der Waals surface area contributed by atoms with Gasteiger partial charge in [0.15, 0.2) is 0 Å². The van der Waals surface area contributed by atoms with Gasteiger partial charge in [0, 0.05) is 21.0 Å². The van der Waals surface area contributed by atoms with Crippen LogP contribution < -0.4 is 11.1 Å². The maximum atomic E-state index is 12.4. The topological polar surface area (TPSA) is 55.1 Å². The molecule has 0 radical (unpaired) electrons. The van der Waals surface area contributed by atoms with Gasteiger partial charge in [-0.25, -0.2) is 0 Å². The van der Waals surface area contributed by atoms with Crippen LogP contribution in [0.15, 0.2) is 24.3 Å². The number of benzene rings is 1. The third kappa shape index (κ3) is 3.02. The van der Waals surface area contributed by atoms with Crippen LogP contribution in [0.4, 0.5) is 5.69 Å². The van der Waals surface area contributed by atoms with Crippen LogP contribution in [0.1, 0.15) is 44.2 Å². The van der Waals surface area contributed by atoms with Crippen LogP contribution in [0.5, 0.6) is 0 Å². The number of nitrogens with one attached hydrogen (secondary N) is 1. The van der Waals surface area contributed by atoms with Crippen molar-refractivity contribution >= 4 is 22.9 Å². The minimum atomic E-state index is -0.0762. The summed E-state index contributed by atoms with van der Waals surface area (Å²) in [5.74, 6) is -0.0762. The molecule has 0 bridgehead atoms. The zero-order chi connectivity index (χ0) is 14.9. The van der Waals surface area contributed by atoms with Crippen molar-refractivity contribution < 1.29 is 4.79 Å². The first kappa shape index (κ1) is 14.6. The molecule has 0 saturated carbocycles. The Hall–Kier alpha value is -1.81. The van der Waals surface area contributed by atoms with Gasteiger partial charge in [-0.15, -0.1) is 11.3 Å². The Morgan fingerprint density at radius 2 is 1.90 bits per heavy atom. The molecule has 1 aromatic heterocycles. The average molecular weight is 288 g/mol. The zero-order valence-corrected chi connectivity index (χ0v) is 13.1. The normalized spacial score (nSPS) is 12.2. The summed E-state index contributed by atoms with van der Waals surface area (Å²) >= 11 is 1.70. The van der Waals surface area contributed by atoms with Crippen LogP contribution in [0.2, 0.25) is 0 Å². The van der Waals surface area contributed by atoms with Crippen LogP contribution in [0.25, 0.3) is 0 Å². The second-order valence-electron chi connectivity index (χ2n) is 5.17. The molecule has 106 valence electrons. The van der Waals surface area contributed by atoms with E-state index in [1.807, 2.05) is 26.8 Å². The number of nitrogens with two attached hydrogens (primary N) is 1. The molecule has 0 aliphatic carbocycles. The summed E-state index contributed by atoms with van der Waals surface area (Å²) in [6, 6.07) is 7.83. The van der Waals surface area contributed by atoms with E-state index < -0.39 is 0 Å². The molecule has 3 nitrogen and oxygen atoms in total. The second-order valence-corrected chi connectivity index (χ2v) is 6.49. The van der Waals surface area contributed by atoms with Crippen LogP contribution in [0.3, 0.4) is 0 Å². The minimum Gasteiger partial charge on any atom is -0.398 e. The number of rotatable bonds is 3. The maximum absolute atomic E-state index is 12.4. The van der Waals surface area contributed by atoms with Crippen molar-refractivity contribution in [2.24, 2.45) is 0 Å². The highest BCUT2D eigenvalue weighted by molar-refractivity contribution is 7.12. The van der Waals surface area contributed by atoms with Gasteiger partial charge in [-0.3, -0.25) is 4.79 Å². The van der Waals surface area contributed by atoms with Crippen molar-refractivity contribution in [1.29, 1.82) is 0 Å². The summed E-state index contributed by atoms with van der Waals surface area (Å²) in [5, 5.41) is 3.03. The molecule has 3 N–H and O–H groups in total. The highest BCUT2D eigenvalue weighted by Crippen LogP contribution is 2.23. The standard InChI is InChI=1S/C16H20N2OS/c1-9-7-10(2)14(17)8-13(9)16(19)18-12(4)15-6-5-11(3)20-15/h5-8,12H,17H2,1-4H3,(H,18,19). The lowest BCUT2D eigenvalue weighted by Crippen LogP contribution is -2.27. The van der Waals surface area contributed by atoms with E-state index in [9.17, 15) is 4.79 Å². The molecule has 1 unspecified atom stereocenters. The van der Waals surface area contributed by atoms with Gasteiger partial charge < -0.3 is 11.1 Å². The highest BCUT2D eigenvalue weighted by Gasteiger charge is 2.15. The van der Waals surface area contributed by atoms with Crippen molar-refractivity contribution in [3.63, 3.8) is 0 Å². The zero-order valence-electron chi connectivity index (χ0n) is 12.3. The van der Waals surface area contributed by atoms with Crippen molar-refractivity contribution in [3.8, 4) is 0 Å². The number of amides is 1. The quantitative estimate of drug-likeness (QED) is 0.845. The lowest BCUT2D eigenvalue weighted by atomic mass is 10.0. The summed E-state index contributed by atoms with van der Waals surface area (Å²) in [5.41, 5.74) is 9.14. The van der Waals surface area contributed by atoms with Crippen molar-refractivity contribution in [2.75, 3.05) is 5.73 Å². The van der Waals surface area contributed by atoms with Crippen LogP contribution in [-0.2, 0) is 0 Å². The van der Waals surface area contributed by atoms with Crippen LogP contribution in [0, 0.1) is 20.8 Å². The molecule has 1 atom stereocenters. The molecule has 1 heterocycles. The molecule has 0 saturated heterocycles. The Balaban J connectivity index is 2.18. The number of thiophene rings is 1. The third-order valence-electron chi connectivity index (χ3n) is 3.39. The molecule has 0 aliphatic heterocycles. The molecule has 1 amide bonds. The lowest BCUT2D eigenvalue weighted by molar-refractivity contribution is 0.0940. The Morgan fingerprint density at radius 1 is 1.20 bits per heavy atom. The number of aryl methyl sites for hydroxylation is 3.